The van der Waals surface area contributed by atoms with Crippen LogP contribution in [0.4, 0.5) is 5.13 Å². The van der Waals surface area contributed by atoms with Crippen molar-refractivity contribution >= 4 is 22.6 Å². The molecule has 1 fully saturated rings. The predicted octanol–water partition coefficient (Wildman–Crippen LogP) is 2.05. The van der Waals surface area contributed by atoms with Gasteiger partial charge in [-0.05, 0) is 25.8 Å². The number of aryl methyl sites for hydroxylation is 1. The first kappa shape index (κ1) is 18.1. The molecule has 0 spiro atoms. The maximum atomic E-state index is 12.3. The molecule has 7 heteroatoms. The summed E-state index contributed by atoms with van der Waals surface area (Å²) in [5.74, 6) is 1.21. The first-order chi connectivity index (χ1) is 11.2. The van der Waals surface area contributed by atoms with Gasteiger partial charge in [0.15, 0.2) is 0 Å². The fourth-order valence-corrected chi connectivity index (χ4v) is 3.61. The number of carbonyl (C=O) groups excluding carboxylic acids is 1. The summed E-state index contributed by atoms with van der Waals surface area (Å²) in [5, 5.41) is 0.998. The topological polar surface area (TPSA) is 75.4 Å². The molecule has 0 aromatic carbocycles. The summed E-state index contributed by atoms with van der Waals surface area (Å²) in [6.07, 6.45) is 6.83. The summed E-state index contributed by atoms with van der Waals surface area (Å²) in [7, 11) is 0. The van der Waals surface area contributed by atoms with Crippen LogP contribution in [0.15, 0.2) is 0 Å². The largest absolute Gasteiger partial charge is 0.345 e. The third-order valence-corrected chi connectivity index (χ3v) is 5.05. The molecule has 1 aliphatic rings. The lowest BCUT2D eigenvalue weighted by molar-refractivity contribution is -0.131. The zero-order chi connectivity index (χ0) is 16.5. The average molecular weight is 340 g/mol. The Hall–Kier alpha value is -1.21. The number of hydrogen-bond acceptors (Lipinski definition) is 6. The van der Waals surface area contributed by atoms with Gasteiger partial charge in [0.1, 0.15) is 5.82 Å². The van der Waals surface area contributed by atoms with Gasteiger partial charge < -0.3 is 15.5 Å². The van der Waals surface area contributed by atoms with Crippen molar-refractivity contribution in [3.8, 4) is 0 Å². The number of unbranched alkanes of at least 4 members (excludes halogenated alkanes) is 3. The summed E-state index contributed by atoms with van der Waals surface area (Å²) < 4.78 is 4.36. The van der Waals surface area contributed by atoms with Crippen LogP contribution in [0.25, 0.3) is 0 Å². The third-order valence-electron chi connectivity index (χ3n) is 4.24. The molecule has 0 bridgehead atoms. The van der Waals surface area contributed by atoms with E-state index >= 15 is 0 Å². The molecule has 1 aromatic heterocycles. The molecule has 0 saturated carbocycles. The predicted molar refractivity (Wildman–Crippen MR) is 94.8 cm³/mol. The van der Waals surface area contributed by atoms with Crippen molar-refractivity contribution in [1.29, 1.82) is 0 Å². The number of aromatic nitrogens is 2. The molecule has 2 heterocycles. The maximum absolute atomic E-state index is 12.3. The molecular weight excluding hydrogens is 310 g/mol. The number of carbonyl (C=O) groups is 1. The highest BCUT2D eigenvalue weighted by Gasteiger charge is 2.20. The summed E-state index contributed by atoms with van der Waals surface area (Å²) in [4.78, 5) is 21.2. The van der Waals surface area contributed by atoms with Crippen molar-refractivity contribution in [1.82, 2.24) is 14.3 Å². The van der Waals surface area contributed by atoms with Crippen molar-refractivity contribution in [2.24, 2.45) is 5.73 Å². The normalized spacial score (nSPS) is 15.7. The van der Waals surface area contributed by atoms with E-state index in [0.29, 0.717) is 12.3 Å². The van der Waals surface area contributed by atoms with Crippen LogP contribution in [-0.2, 0) is 11.2 Å². The highest BCUT2D eigenvalue weighted by Crippen LogP contribution is 2.19. The fraction of sp³-hybridized carbons (Fsp3) is 0.812. The van der Waals surface area contributed by atoms with Gasteiger partial charge in [0, 0.05) is 50.6 Å². The van der Waals surface area contributed by atoms with E-state index in [2.05, 4.69) is 21.2 Å². The van der Waals surface area contributed by atoms with Crippen LogP contribution in [0.2, 0.25) is 0 Å². The second kappa shape index (κ2) is 9.82. The Morgan fingerprint density at radius 3 is 2.74 bits per heavy atom. The van der Waals surface area contributed by atoms with Crippen molar-refractivity contribution in [3.63, 3.8) is 0 Å². The second-order valence-corrected chi connectivity index (χ2v) is 6.75. The van der Waals surface area contributed by atoms with E-state index in [1.807, 2.05) is 4.90 Å². The molecule has 0 unspecified atom stereocenters. The Labute approximate surface area is 143 Å². The van der Waals surface area contributed by atoms with Crippen LogP contribution < -0.4 is 10.6 Å². The molecule has 130 valence electrons. The van der Waals surface area contributed by atoms with Gasteiger partial charge >= 0.3 is 0 Å². The fourth-order valence-electron chi connectivity index (χ4n) is 2.81. The van der Waals surface area contributed by atoms with E-state index in [-0.39, 0.29) is 0 Å². The van der Waals surface area contributed by atoms with Crippen LogP contribution in [-0.4, -0.2) is 52.9 Å². The van der Waals surface area contributed by atoms with E-state index in [0.717, 1.165) is 82.2 Å². The maximum Gasteiger partial charge on any atom is 0.222 e. The quantitative estimate of drug-likeness (QED) is 0.734. The van der Waals surface area contributed by atoms with E-state index in [4.69, 9.17) is 5.73 Å². The van der Waals surface area contributed by atoms with E-state index in [1.165, 1.54) is 11.5 Å². The Morgan fingerprint density at radius 2 is 2.00 bits per heavy atom. The molecule has 1 aliphatic heterocycles. The summed E-state index contributed by atoms with van der Waals surface area (Å²) >= 11 is 1.47. The number of amides is 1. The van der Waals surface area contributed by atoms with Crippen molar-refractivity contribution < 1.29 is 4.79 Å². The van der Waals surface area contributed by atoms with Crippen LogP contribution in [0, 0.1) is 0 Å². The van der Waals surface area contributed by atoms with Crippen LogP contribution in [0.3, 0.4) is 0 Å². The first-order valence-electron chi connectivity index (χ1n) is 8.80. The molecule has 23 heavy (non-hydrogen) atoms. The van der Waals surface area contributed by atoms with Gasteiger partial charge in [0.2, 0.25) is 11.0 Å². The zero-order valence-corrected chi connectivity index (χ0v) is 15.0. The molecule has 1 amide bonds. The lowest BCUT2D eigenvalue weighted by atomic mass is 10.1. The molecular formula is C16H29N5OS. The Kier molecular flexibility index (Phi) is 7.74. The summed E-state index contributed by atoms with van der Waals surface area (Å²) in [5.41, 5.74) is 5.49. The van der Waals surface area contributed by atoms with Gasteiger partial charge in [-0.25, -0.2) is 4.98 Å². The van der Waals surface area contributed by atoms with Gasteiger partial charge in [-0.2, -0.15) is 4.37 Å². The average Bonchev–Trinajstić information content (AvgIpc) is 2.91. The van der Waals surface area contributed by atoms with Gasteiger partial charge in [-0.1, -0.05) is 19.8 Å². The van der Waals surface area contributed by atoms with Gasteiger partial charge in [-0.3, -0.25) is 4.79 Å². The highest BCUT2D eigenvalue weighted by atomic mass is 32.1. The first-order valence-corrected chi connectivity index (χ1v) is 9.57. The monoisotopic (exact) mass is 339 g/mol. The van der Waals surface area contributed by atoms with Crippen LogP contribution >= 0.6 is 11.5 Å². The van der Waals surface area contributed by atoms with E-state index < -0.39 is 0 Å². The lowest BCUT2D eigenvalue weighted by Gasteiger charge is -2.21. The molecule has 2 rings (SSSR count). The number of hydrogen-bond donors (Lipinski definition) is 1. The van der Waals surface area contributed by atoms with Crippen LogP contribution in [0.5, 0.6) is 0 Å². The van der Waals surface area contributed by atoms with E-state index in [9.17, 15) is 4.79 Å². The SMILES string of the molecule is CCc1nsc(N2CCCN(C(=O)CCCCCCN)CC2)n1. The standard InChI is InChI=1S/C16H29N5OS/c1-2-14-18-16(23-19-14)21-11-7-10-20(12-13-21)15(22)8-5-3-4-6-9-17/h2-13,17H2,1H3. The summed E-state index contributed by atoms with van der Waals surface area (Å²) in [6, 6.07) is 0. The van der Waals surface area contributed by atoms with Crippen molar-refractivity contribution in [2.45, 2.75) is 51.9 Å². The minimum absolute atomic E-state index is 0.297. The minimum atomic E-state index is 0.297. The lowest BCUT2D eigenvalue weighted by Crippen LogP contribution is -2.35. The molecule has 0 aliphatic carbocycles. The zero-order valence-electron chi connectivity index (χ0n) is 14.2. The van der Waals surface area contributed by atoms with E-state index in [1.54, 1.807) is 0 Å². The third kappa shape index (κ3) is 5.73. The minimum Gasteiger partial charge on any atom is -0.345 e. The smallest absolute Gasteiger partial charge is 0.222 e. The molecule has 2 N–H and O–H groups in total. The highest BCUT2D eigenvalue weighted by molar-refractivity contribution is 7.09. The molecule has 0 radical (unpaired) electrons. The number of anilines is 1. The van der Waals surface area contributed by atoms with Crippen molar-refractivity contribution in [3.05, 3.63) is 5.82 Å². The molecule has 1 saturated heterocycles. The van der Waals surface area contributed by atoms with Crippen LogP contribution in [0.1, 0.15) is 51.3 Å². The summed E-state index contributed by atoms with van der Waals surface area (Å²) in [6.45, 7) is 6.29. The van der Waals surface area contributed by atoms with Gasteiger partial charge in [-0.15, -0.1) is 0 Å². The molecule has 0 atom stereocenters. The number of nitrogens with two attached hydrogens (primary N) is 1. The molecule has 1 aromatic rings. The molecule has 6 nitrogen and oxygen atoms in total. The second-order valence-electron chi connectivity index (χ2n) is 6.02. The Balaban J connectivity index is 1.75. The van der Waals surface area contributed by atoms with Crippen molar-refractivity contribution in [2.75, 3.05) is 37.6 Å². The number of rotatable bonds is 8. The Bertz CT molecular complexity index is 479. The Morgan fingerprint density at radius 1 is 1.17 bits per heavy atom. The van der Waals surface area contributed by atoms with Gasteiger partial charge in [0.05, 0.1) is 0 Å². The van der Waals surface area contributed by atoms with Gasteiger partial charge in [0.25, 0.3) is 0 Å². The number of nitrogens with zero attached hydrogens (tertiary/aromatic N) is 4.